The van der Waals surface area contributed by atoms with Crippen LogP contribution >= 0.6 is 0 Å². The molecule has 3 N–H and O–H groups in total. The maximum absolute atomic E-state index is 12.7. The molecule has 0 radical (unpaired) electrons. The zero-order chi connectivity index (χ0) is 14.8. The molecule has 0 aliphatic rings. The fourth-order valence-electron chi connectivity index (χ4n) is 1.46. The van der Waals surface area contributed by atoms with E-state index in [0.717, 1.165) is 12.1 Å². The van der Waals surface area contributed by atoms with Gasteiger partial charge in [-0.3, -0.25) is 4.79 Å². The molecule has 0 saturated carbocycles. The minimum Gasteiger partial charge on any atom is -0.479 e. The van der Waals surface area contributed by atoms with Gasteiger partial charge in [0.05, 0.1) is 5.56 Å². The Balaban J connectivity index is 3.34. The number of hydrogen-bond acceptors (Lipinski definition) is 4. The largest absolute Gasteiger partial charge is 0.479 e. The highest BCUT2D eigenvalue weighted by Crippen LogP contribution is 2.36. The molecule has 0 aliphatic carbocycles. The molecule has 19 heavy (non-hydrogen) atoms. The average Bonchev–Trinajstić information content (AvgIpc) is 2.35. The Bertz CT molecular complexity index is 498. The summed E-state index contributed by atoms with van der Waals surface area (Å²) in [4.78, 5) is 20.9. The van der Waals surface area contributed by atoms with Crippen LogP contribution in [0.1, 0.15) is 27.6 Å². The molecule has 0 spiro atoms. The molecule has 0 aromatic heterocycles. The van der Waals surface area contributed by atoms with Crippen LogP contribution in [0.2, 0.25) is 0 Å². The van der Waals surface area contributed by atoms with Gasteiger partial charge in [0.15, 0.2) is 6.10 Å². The summed E-state index contributed by atoms with van der Waals surface area (Å²) in [6.45, 7) is 0. The van der Waals surface area contributed by atoms with Crippen molar-refractivity contribution in [2.24, 2.45) is 0 Å². The van der Waals surface area contributed by atoms with E-state index in [4.69, 9.17) is 10.2 Å². The summed E-state index contributed by atoms with van der Waals surface area (Å²) in [5.41, 5.74) is -2.47. The highest BCUT2D eigenvalue weighted by atomic mass is 19.4. The lowest BCUT2D eigenvalue weighted by Gasteiger charge is -2.19. The molecular weight excluding hydrogens is 269 g/mol. The summed E-state index contributed by atoms with van der Waals surface area (Å²) < 4.78 is 38.2. The summed E-state index contributed by atoms with van der Waals surface area (Å²) in [5.74, 6) is -1.86. The van der Waals surface area contributed by atoms with Crippen molar-refractivity contribution in [3.05, 3.63) is 34.9 Å². The zero-order valence-electron chi connectivity index (χ0n) is 9.26. The molecule has 0 amide bonds. The molecule has 8 heteroatoms. The van der Waals surface area contributed by atoms with E-state index >= 15 is 0 Å². The maximum Gasteiger partial charge on any atom is 0.416 e. The number of rotatable bonds is 4. The second-order valence-corrected chi connectivity index (χ2v) is 3.69. The van der Waals surface area contributed by atoms with E-state index in [-0.39, 0.29) is 11.8 Å². The lowest BCUT2D eigenvalue weighted by Crippen LogP contribution is -2.29. The molecule has 1 rings (SSSR count). The monoisotopic (exact) mass is 278 g/mol. The second kappa shape index (κ2) is 5.37. The predicted molar refractivity (Wildman–Crippen MR) is 55.4 cm³/mol. The smallest absolute Gasteiger partial charge is 0.416 e. The Hall–Kier alpha value is -1.93. The van der Waals surface area contributed by atoms with Crippen molar-refractivity contribution in [1.29, 1.82) is 0 Å². The van der Waals surface area contributed by atoms with E-state index in [9.17, 15) is 27.9 Å². The third kappa shape index (κ3) is 3.30. The van der Waals surface area contributed by atoms with Crippen molar-refractivity contribution in [3.63, 3.8) is 0 Å². The molecule has 2 unspecified atom stereocenters. The molecule has 0 bridgehead atoms. The Morgan fingerprint density at radius 3 is 2.26 bits per heavy atom. The van der Waals surface area contributed by atoms with Crippen molar-refractivity contribution < 1.29 is 38.1 Å². The Kier molecular flexibility index (Phi) is 4.28. The van der Waals surface area contributed by atoms with Gasteiger partial charge in [0, 0.05) is 5.56 Å². The number of aliphatic carboxylic acids is 1. The average molecular weight is 278 g/mol. The summed E-state index contributed by atoms with van der Waals surface area (Å²) in [6, 6.07) is 2.21. The highest BCUT2D eigenvalue weighted by molar-refractivity contribution is 5.76. The van der Waals surface area contributed by atoms with Gasteiger partial charge in [-0.1, -0.05) is 12.1 Å². The van der Waals surface area contributed by atoms with Gasteiger partial charge in [-0.25, -0.2) is 4.79 Å². The van der Waals surface area contributed by atoms with Crippen LogP contribution in [0.25, 0.3) is 0 Å². The van der Waals surface area contributed by atoms with Crippen molar-refractivity contribution >= 4 is 12.3 Å². The van der Waals surface area contributed by atoms with Gasteiger partial charge in [-0.05, 0) is 11.6 Å². The van der Waals surface area contributed by atoms with E-state index in [1.807, 2.05) is 0 Å². The molecule has 5 nitrogen and oxygen atoms in total. The van der Waals surface area contributed by atoms with Gasteiger partial charge in [0.25, 0.3) is 0 Å². The van der Waals surface area contributed by atoms with Crippen molar-refractivity contribution in [2.45, 2.75) is 18.4 Å². The summed E-state index contributed by atoms with van der Waals surface area (Å²) in [7, 11) is 0. The molecule has 0 fully saturated rings. The van der Waals surface area contributed by atoms with Crippen LogP contribution in [0.3, 0.4) is 0 Å². The van der Waals surface area contributed by atoms with Gasteiger partial charge in [0.1, 0.15) is 12.4 Å². The third-order valence-electron chi connectivity index (χ3n) is 2.39. The van der Waals surface area contributed by atoms with Crippen LogP contribution in [-0.2, 0) is 11.0 Å². The van der Waals surface area contributed by atoms with Crippen LogP contribution in [0.4, 0.5) is 13.2 Å². The first-order valence-corrected chi connectivity index (χ1v) is 4.93. The van der Waals surface area contributed by atoms with E-state index < -0.39 is 35.5 Å². The third-order valence-corrected chi connectivity index (χ3v) is 2.39. The predicted octanol–water partition coefficient (Wildman–Crippen LogP) is 0.997. The number of benzene rings is 1. The number of aliphatic hydroxyl groups excluding tert-OH is 2. The minimum atomic E-state index is -4.90. The van der Waals surface area contributed by atoms with Gasteiger partial charge in [0.2, 0.25) is 0 Å². The fourth-order valence-corrected chi connectivity index (χ4v) is 1.46. The number of halogens is 3. The van der Waals surface area contributed by atoms with Crippen LogP contribution in [-0.4, -0.2) is 33.7 Å². The van der Waals surface area contributed by atoms with Crippen LogP contribution < -0.4 is 0 Å². The molecular formula is C11H9F3O5. The summed E-state index contributed by atoms with van der Waals surface area (Å²) >= 11 is 0. The SMILES string of the molecule is O=Cc1ccc(C(O)C(O)C(=O)O)c(C(F)(F)F)c1. The van der Waals surface area contributed by atoms with Gasteiger partial charge in [-0.15, -0.1) is 0 Å². The van der Waals surface area contributed by atoms with E-state index in [1.165, 1.54) is 0 Å². The van der Waals surface area contributed by atoms with Gasteiger partial charge >= 0.3 is 12.1 Å². The quantitative estimate of drug-likeness (QED) is 0.714. The van der Waals surface area contributed by atoms with Crippen LogP contribution in [0.15, 0.2) is 18.2 Å². The number of carbonyl (C=O) groups excluding carboxylic acids is 1. The summed E-state index contributed by atoms with van der Waals surface area (Å²) in [5, 5.41) is 27.0. The Labute approximate surface area is 104 Å². The van der Waals surface area contributed by atoms with Crippen molar-refractivity contribution in [2.75, 3.05) is 0 Å². The molecule has 104 valence electrons. The standard InChI is InChI=1S/C11H9F3O5/c12-11(13,14)7-3-5(4-15)1-2-6(7)8(16)9(17)10(18)19/h1-4,8-9,16-17H,(H,18,19). The van der Waals surface area contributed by atoms with Crippen molar-refractivity contribution in [1.82, 2.24) is 0 Å². The number of carboxylic acid groups (broad SMARTS) is 1. The van der Waals surface area contributed by atoms with Crippen LogP contribution in [0, 0.1) is 0 Å². The molecule has 2 atom stereocenters. The van der Waals surface area contributed by atoms with Gasteiger partial charge in [-0.2, -0.15) is 13.2 Å². The lowest BCUT2D eigenvalue weighted by molar-refractivity contribution is -0.155. The van der Waals surface area contributed by atoms with E-state index in [2.05, 4.69) is 0 Å². The van der Waals surface area contributed by atoms with E-state index in [0.29, 0.717) is 6.07 Å². The Morgan fingerprint density at radius 2 is 1.84 bits per heavy atom. The molecule has 0 heterocycles. The molecule has 0 saturated heterocycles. The van der Waals surface area contributed by atoms with Gasteiger partial charge < -0.3 is 15.3 Å². The number of aldehydes is 1. The minimum absolute atomic E-state index is 0.180. The number of carboxylic acids is 1. The summed E-state index contributed by atoms with van der Waals surface area (Å²) in [6.07, 6.45) is -9.37. The highest BCUT2D eigenvalue weighted by Gasteiger charge is 2.38. The molecule has 1 aromatic carbocycles. The molecule has 1 aromatic rings. The lowest BCUT2D eigenvalue weighted by atomic mass is 9.96. The Morgan fingerprint density at radius 1 is 1.26 bits per heavy atom. The van der Waals surface area contributed by atoms with Crippen molar-refractivity contribution in [3.8, 4) is 0 Å². The normalized spacial score (nSPS) is 14.8. The molecule has 0 aliphatic heterocycles. The number of hydrogen-bond donors (Lipinski definition) is 3. The first-order valence-electron chi connectivity index (χ1n) is 4.93. The first-order chi connectivity index (χ1) is 8.68. The fraction of sp³-hybridized carbons (Fsp3) is 0.273. The number of carbonyl (C=O) groups is 2. The topological polar surface area (TPSA) is 94.8 Å². The van der Waals surface area contributed by atoms with E-state index in [1.54, 1.807) is 0 Å². The number of aliphatic hydroxyl groups is 2. The number of alkyl halides is 3. The second-order valence-electron chi connectivity index (χ2n) is 3.69. The zero-order valence-corrected chi connectivity index (χ0v) is 9.26. The first kappa shape index (κ1) is 15.1. The van der Waals surface area contributed by atoms with Crippen LogP contribution in [0.5, 0.6) is 0 Å². The maximum atomic E-state index is 12.7.